The van der Waals surface area contributed by atoms with E-state index in [1.54, 1.807) is 26.8 Å². The van der Waals surface area contributed by atoms with Gasteiger partial charge in [-0.05, 0) is 72.0 Å². The van der Waals surface area contributed by atoms with Gasteiger partial charge in [0.2, 0.25) is 6.41 Å². The van der Waals surface area contributed by atoms with Gasteiger partial charge in [0, 0.05) is 37.4 Å². The highest BCUT2D eigenvalue weighted by atomic mass is 19.1. The van der Waals surface area contributed by atoms with Crippen molar-refractivity contribution in [3.05, 3.63) is 23.2 Å². The first kappa shape index (κ1) is 31.1. The smallest absolute Gasteiger partial charge is 0.207 e. The molecular formula is C28H49FN4O2. The summed E-state index contributed by atoms with van der Waals surface area (Å²) in [6.45, 7) is 16.8. The minimum Gasteiger partial charge on any atom is -0.372 e. The summed E-state index contributed by atoms with van der Waals surface area (Å²) in [7, 11) is 0. The van der Waals surface area contributed by atoms with E-state index in [0.717, 1.165) is 51.1 Å². The van der Waals surface area contributed by atoms with Crippen molar-refractivity contribution >= 4 is 6.41 Å². The number of nitrogens with zero attached hydrogens (tertiary/aromatic N) is 3. The topological polar surface area (TPSA) is 68.6 Å². The molecule has 200 valence electrons. The van der Waals surface area contributed by atoms with E-state index in [2.05, 4.69) is 35.2 Å². The molecule has 0 aromatic carbocycles. The number of allylic oxidation sites excluding steroid dienone is 4. The van der Waals surface area contributed by atoms with Crippen LogP contribution in [-0.4, -0.2) is 54.2 Å². The van der Waals surface area contributed by atoms with E-state index in [1.807, 2.05) is 13.8 Å². The van der Waals surface area contributed by atoms with Crippen molar-refractivity contribution < 1.29 is 14.0 Å². The van der Waals surface area contributed by atoms with Gasteiger partial charge in [-0.2, -0.15) is 10.3 Å². The first-order valence-electron chi connectivity index (χ1n) is 13.4. The number of nitrogens with one attached hydrogen (secondary N) is 1. The Morgan fingerprint density at radius 2 is 1.69 bits per heavy atom. The monoisotopic (exact) mass is 492 g/mol. The summed E-state index contributed by atoms with van der Waals surface area (Å²) in [5.74, 6) is -0.301. The maximum atomic E-state index is 14.5. The van der Waals surface area contributed by atoms with E-state index in [1.165, 1.54) is 38.5 Å². The van der Waals surface area contributed by atoms with Crippen molar-refractivity contribution in [3.63, 3.8) is 0 Å². The van der Waals surface area contributed by atoms with Crippen LogP contribution < -0.4 is 5.32 Å². The van der Waals surface area contributed by atoms with Crippen molar-refractivity contribution in [2.24, 2.45) is 5.41 Å². The number of nitriles is 1. The molecule has 3 rings (SSSR count). The van der Waals surface area contributed by atoms with E-state index < -0.39 is 5.41 Å². The van der Waals surface area contributed by atoms with Gasteiger partial charge in [-0.25, -0.2) is 4.39 Å². The maximum absolute atomic E-state index is 14.5. The van der Waals surface area contributed by atoms with E-state index in [-0.39, 0.29) is 11.4 Å². The van der Waals surface area contributed by atoms with Crippen LogP contribution in [0.5, 0.6) is 0 Å². The van der Waals surface area contributed by atoms with Gasteiger partial charge in [0.1, 0.15) is 5.83 Å². The quantitative estimate of drug-likeness (QED) is 0.335. The SMILES string of the molecule is C/C(=C(F)\C=C(/C)N1CCN(OC2CCCCC2)CC1)C(C)(C)C#N.CC1(NC=O)CC1.CCC. The molecule has 7 heteroatoms. The third-order valence-electron chi connectivity index (χ3n) is 6.91. The number of carbonyl (C=O) groups is 1. The number of amides is 1. The average molecular weight is 493 g/mol. The van der Waals surface area contributed by atoms with Crippen LogP contribution in [-0.2, 0) is 9.63 Å². The molecule has 1 aliphatic heterocycles. The van der Waals surface area contributed by atoms with Crippen LogP contribution in [0.3, 0.4) is 0 Å². The van der Waals surface area contributed by atoms with Crippen LogP contribution in [0.1, 0.15) is 99.8 Å². The molecule has 1 saturated heterocycles. The van der Waals surface area contributed by atoms with E-state index in [4.69, 9.17) is 10.1 Å². The summed E-state index contributed by atoms with van der Waals surface area (Å²) < 4.78 is 14.5. The molecule has 0 aromatic heterocycles. The Labute approximate surface area is 213 Å². The standard InChI is InChI=1S/C20H32FN3O.C5H9NO.C3H8/c1-16(14-19(21)17(2)20(3,4)15-22)23-10-12-24(13-11-23)25-18-8-6-5-7-9-18;1-5(2-3-5)6-4-7;1-3-2/h14,18H,5-13H2,1-4H3;4H,2-3H2,1H3,(H,6,7);3H2,1-2H3/b16-14+,19-17-;;. The summed E-state index contributed by atoms with van der Waals surface area (Å²) in [4.78, 5) is 18.0. The molecular weight excluding hydrogens is 443 g/mol. The van der Waals surface area contributed by atoms with Crippen LogP contribution >= 0.6 is 0 Å². The number of hydrogen-bond donors (Lipinski definition) is 1. The first-order valence-corrected chi connectivity index (χ1v) is 13.4. The molecule has 1 amide bonds. The summed E-state index contributed by atoms with van der Waals surface area (Å²) in [6, 6.07) is 2.16. The molecule has 1 heterocycles. The third kappa shape index (κ3) is 11.6. The lowest BCUT2D eigenvalue weighted by molar-refractivity contribution is -0.216. The van der Waals surface area contributed by atoms with E-state index in [0.29, 0.717) is 11.7 Å². The van der Waals surface area contributed by atoms with Gasteiger partial charge in [-0.15, -0.1) is 0 Å². The fourth-order valence-electron chi connectivity index (χ4n) is 3.77. The Bertz CT molecular complexity index is 739. The van der Waals surface area contributed by atoms with Crippen molar-refractivity contribution in [2.45, 2.75) is 111 Å². The number of halogens is 1. The molecule has 3 fully saturated rings. The van der Waals surface area contributed by atoms with Gasteiger partial charge in [-0.3, -0.25) is 9.63 Å². The number of hydrogen-bond acceptors (Lipinski definition) is 5. The molecule has 0 atom stereocenters. The summed E-state index contributed by atoms with van der Waals surface area (Å²) in [5, 5.41) is 14.0. The zero-order chi connectivity index (χ0) is 26.5. The Morgan fingerprint density at radius 3 is 2.11 bits per heavy atom. The summed E-state index contributed by atoms with van der Waals surface area (Å²) in [6.07, 6.45) is 12.5. The van der Waals surface area contributed by atoms with Gasteiger partial charge in [0.25, 0.3) is 0 Å². The highest BCUT2D eigenvalue weighted by Gasteiger charge is 2.36. The Kier molecular flexibility index (Phi) is 13.6. The van der Waals surface area contributed by atoms with Crippen molar-refractivity contribution in [1.29, 1.82) is 5.26 Å². The Morgan fingerprint density at radius 1 is 1.14 bits per heavy atom. The first-order chi connectivity index (χ1) is 16.5. The normalized spacial score (nSPS) is 21.3. The predicted molar refractivity (Wildman–Crippen MR) is 141 cm³/mol. The number of hydroxylamine groups is 2. The van der Waals surface area contributed by atoms with Crippen LogP contribution in [0.4, 0.5) is 4.39 Å². The second-order valence-electron chi connectivity index (χ2n) is 10.8. The van der Waals surface area contributed by atoms with Crippen molar-refractivity contribution in [3.8, 4) is 6.07 Å². The zero-order valence-corrected chi connectivity index (χ0v) is 23.3. The van der Waals surface area contributed by atoms with Gasteiger partial charge >= 0.3 is 0 Å². The van der Waals surface area contributed by atoms with Gasteiger partial charge in [0.05, 0.1) is 17.6 Å². The summed E-state index contributed by atoms with van der Waals surface area (Å²) in [5.41, 5.74) is 0.784. The Hall–Kier alpha value is -1.91. The lowest BCUT2D eigenvalue weighted by Gasteiger charge is -2.38. The number of piperazine rings is 1. The van der Waals surface area contributed by atoms with E-state index >= 15 is 0 Å². The fourth-order valence-corrected chi connectivity index (χ4v) is 3.77. The largest absolute Gasteiger partial charge is 0.372 e. The molecule has 0 unspecified atom stereocenters. The average Bonchev–Trinajstić information content (AvgIpc) is 3.57. The molecule has 2 aliphatic carbocycles. The van der Waals surface area contributed by atoms with Crippen molar-refractivity contribution in [1.82, 2.24) is 15.3 Å². The molecule has 35 heavy (non-hydrogen) atoms. The van der Waals surface area contributed by atoms with E-state index in [9.17, 15) is 9.18 Å². The van der Waals surface area contributed by atoms with Crippen LogP contribution in [0, 0.1) is 16.7 Å². The number of rotatable bonds is 7. The van der Waals surface area contributed by atoms with Crippen LogP contribution in [0.15, 0.2) is 23.2 Å². The maximum Gasteiger partial charge on any atom is 0.207 e. The molecule has 3 aliphatic rings. The third-order valence-corrected chi connectivity index (χ3v) is 6.91. The molecule has 0 bridgehead atoms. The lowest BCUT2D eigenvalue weighted by Crippen LogP contribution is -2.46. The second kappa shape index (κ2) is 15.3. The van der Waals surface area contributed by atoms with Gasteiger partial charge in [-0.1, -0.05) is 39.5 Å². The summed E-state index contributed by atoms with van der Waals surface area (Å²) >= 11 is 0. The van der Waals surface area contributed by atoms with Crippen molar-refractivity contribution in [2.75, 3.05) is 26.2 Å². The molecule has 0 aromatic rings. The van der Waals surface area contributed by atoms with Crippen LogP contribution in [0.25, 0.3) is 0 Å². The highest BCUT2D eigenvalue weighted by molar-refractivity contribution is 5.48. The zero-order valence-electron chi connectivity index (χ0n) is 23.3. The molecule has 0 spiro atoms. The van der Waals surface area contributed by atoms with Gasteiger partial charge < -0.3 is 10.2 Å². The second-order valence-corrected chi connectivity index (χ2v) is 10.8. The van der Waals surface area contributed by atoms with Crippen LogP contribution in [0.2, 0.25) is 0 Å². The molecule has 2 saturated carbocycles. The van der Waals surface area contributed by atoms with Gasteiger partial charge in [0.15, 0.2) is 0 Å². The molecule has 1 N–H and O–H groups in total. The Balaban J connectivity index is 0.000000510. The molecule has 0 radical (unpaired) electrons. The lowest BCUT2D eigenvalue weighted by atomic mass is 9.86. The fraction of sp³-hybridized carbons (Fsp3) is 0.786. The highest BCUT2D eigenvalue weighted by Crippen LogP contribution is 2.33. The minimum atomic E-state index is -0.784. The predicted octanol–water partition coefficient (Wildman–Crippen LogP) is 6.27. The molecule has 6 nitrogen and oxygen atoms in total. The number of carbonyl (C=O) groups excluding carboxylic acids is 1. The minimum absolute atomic E-state index is 0.182.